The predicted molar refractivity (Wildman–Crippen MR) is 83.8 cm³/mol. The minimum absolute atomic E-state index is 0.280. The number of hydrogen-bond donors (Lipinski definition) is 2. The van der Waals surface area contributed by atoms with Crippen molar-refractivity contribution < 1.29 is 14.0 Å². The van der Waals surface area contributed by atoms with Gasteiger partial charge >= 0.3 is 6.03 Å². The normalized spacial score (nSPS) is 12.9. The molecule has 3 amide bonds. The van der Waals surface area contributed by atoms with Crippen LogP contribution in [0.5, 0.6) is 0 Å². The van der Waals surface area contributed by atoms with Gasteiger partial charge in [-0.2, -0.15) is 0 Å². The minimum Gasteiger partial charge on any atom is -0.333 e. The molecule has 5 nitrogen and oxygen atoms in total. The summed E-state index contributed by atoms with van der Waals surface area (Å²) in [5, 5.41) is 4.95. The lowest BCUT2D eigenvalue weighted by atomic mass is 10.1. The van der Waals surface area contributed by atoms with Crippen LogP contribution in [0, 0.1) is 5.82 Å². The Kier molecular flexibility index (Phi) is 6.05. The average Bonchev–Trinajstić information content (AvgIpc) is 2.38. The van der Waals surface area contributed by atoms with Crippen LogP contribution in [0.25, 0.3) is 0 Å². The second-order valence-electron chi connectivity index (χ2n) is 6.38. The van der Waals surface area contributed by atoms with E-state index in [4.69, 9.17) is 0 Å². The molecule has 1 aromatic rings. The molecule has 0 aliphatic rings. The van der Waals surface area contributed by atoms with E-state index in [-0.39, 0.29) is 12.4 Å². The number of carbonyl (C=O) groups excluding carboxylic acids is 2. The van der Waals surface area contributed by atoms with E-state index >= 15 is 0 Å². The molecule has 0 radical (unpaired) electrons. The van der Waals surface area contributed by atoms with E-state index < -0.39 is 23.5 Å². The van der Waals surface area contributed by atoms with Crippen molar-refractivity contribution in [2.45, 2.75) is 45.8 Å². The van der Waals surface area contributed by atoms with E-state index in [1.54, 1.807) is 37.1 Å². The van der Waals surface area contributed by atoms with Gasteiger partial charge in [-0.1, -0.05) is 18.2 Å². The Bertz CT molecular complexity index is 540. The Morgan fingerprint density at radius 3 is 2.41 bits per heavy atom. The molecule has 0 heterocycles. The van der Waals surface area contributed by atoms with Crippen molar-refractivity contribution in [2.75, 3.05) is 7.05 Å². The first-order valence-electron chi connectivity index (χ1n) is 7.17. The number of halogens is 1. The highest BCUT2D eigenvalue weighted by molar-refractivity contribution is 5.97. The smallest absolute Gasteiger partial charge is 0.321 e. The standard InChI is InChI=1S/C16H24FN3O2/c1-11(14(21)18-15(22)19-16(2,3)4)20(5)10-12-8-6-7-9-13(12)17/h6-9,11H,10H2,1-5H3,(H2,18,19,21,22). The maximum absolute atomic E-state index is 13.6. The summed E-state index contributed by atoms with van der Waals surface area (Å²) in [7, 11) is 1.71. The molecule has 6 heteroatoms. The summed E-state index contributed by atoms with van der Waals surface area (Å²) < 4.78 is 13.6. The molecule has 1 unspecified atom stereocenters. The van der Waals surface area contributed by atoms with E-state index in [1.807, 2.05) is 20.8 Å². The summed E-state index contributed by atoms with van der Waals surface area (Å²) in [4.78, 5) is 25.4. The minimum atomic E-state index is -0.565. The number of hydrogen-bond acceptors (Lipinski definition) is 3. The second-order valence-corrected chi connectivity index (χ2v) is 6.38. The molecular weight excluding hydrogens is 285 g/mol. The summed E-state index contributed by atoms with van der Waals surface area (Å²) >= 11 is 0. The summed E-state index contributed by atoms with van der Waals surface area (Å²) in [6, 6.07) is 5.31. The highest BCUT2D eigenvalue weighted by Gasteiger charge is 2.22. The van der Waals surface area contributed by atoms with Crippen molar-refractivity contribution in [1.82, 2.24) is 15.5 Å². The van der Waals surface area contributed by atoms with Gasteiger partial charge in [0.15, 0.2) is 0 Å². The first kappa shape index (κ1) is 18.1. The summed E-state index contributed by atoms with van der Waals surface area (Å²) in [5.41, 5.74) is 0.0796. The SMILES string of the molecule is CC(C(=O)NC(=O)NC(C)(C)C)N(C)Cc1ccccc1F. The van der Waals surface area contributed by atoms with Crippen molar-refractivity contribution in [3.63, 3.8) is 0 Å². The highest BCUT2D eigenvalue weighted by atomic mass is 19.1. The predicted octanol–water partition coefficient (Wildman–Crippen LogP) is 2.27. The fourth-order valence-corrected chi connectivity index (χ4v) is 1.82. The lowest BCUT2D eigenvalue weighted by Crippen LogP contribution is -2.52. The lowest BCUT2D eigenvalue weighted by Gasteiger charge is -2.25. The summed E-state index contributed by atoms with van der Waals surface area (Å²) in [6.45, 7) is 7.42. The van der Waals surface area contributed by atoms with Gasteiger partial charge in [0.25, 0.3) is 0 Å². The number of nitrogens with zero attached hydrogens (tertiary/aromatic N) is 1. The molecule has 0 aliphatic heterocycles. The van der Waals surface area contributed by atoms with Crippen molar-refractivity contribution in [2.24, 2.45) is 0 Å². The fourth-order valence-electron chi connectivity index (χ4n) is 1.82. The van der Waals surface area contributed by atoms with Gasteiger partial charge in [0.2, 0.25) is 5.91 Å². The first-order valence-corrected chi connectivity index (χ1v) is 7.17. The van der Waals surface area contributed by atoms with Crippen molar-refractivity contribution in [1.29, 1.82) is 0 Å². The van der Waals surface area contributed by atoms with E-state index in [0.29, 0.717) is 5.56 Å². The highest BCUT2D eigenvalue weighted by Crippen LogP contribution is 2.10. The van der Waals surface area contributed by atoms with Crippen LogP contribution in [0.15, 0.2) is 24.3 Å². The maximum Gasteiger partial charge on any atom is 0.321 e. The van der Waals surface area contributed by atoms with Gasteiger partial charge in [0.05, 0.1) is 6.04 Å². The zero-order valence-corrected chi connectivity index (χ0v) is 13.7. The average molecular weight is 309 g/mol. The van der Waals surface area contributed by atoms with Gasteiger partial charge in [0.1, 0.15) is 5.82 Å². The third-order valence-electron chi connectivity index (χ3n) is 3.14. The van der Waals surface area contributed by atoms with Gasteiger partial charge in [-0.15, -0.1) is 0 Å². The zero-order valence-electron chi connectivity index (χ0n) is 13.7. The van der Waals surface area contributed by atoms with Crippen LogP contribution in [0.2, 0.25) is 0 Å². The first-order chi connectivity index (χ1) is 10.1. The van der Waals surface area contributed by atoms with Crippen molar-refractivity contribution in [3.05, 3.63) is 35.6 Å². The zero-order chi connectivity index (χ0) is 16.9. The summed E-state index contributed by atoms with van der Waals surface area (Å²) in [5.74, 6) is -0.743. The molecule has 0 fully saturated rings. The number of amides is 3. The van der Waals surface area contributed by atoms with E-state index in [9.17, 15) is 14.0 Å². The number of urea groups is 1. The number of rotatable bonds is 4. The molecule has 0 saturated heterocycles. The number of imide groups is 1. The van der Waals surface area contributed by atoms with Crippen LogP contribution >= 0.6 is 0 Å². The van der Waals surface area contributed by atoms with Crippen LogP contribution in [-0.4, -0.2) is 35.5 Å². The molecule has 0 saturated carbocycles. The molecule has 2 N–H and O–H groups in total. The Morgan fingerprint density at radius 1 is 1.27 bits per heavy atom. The summed E-state index contributed by atoms with van der Waals surface area (Å²) in [6.07, 6.45) is 0. The van der Waals surface area contributed by atoms with Crippen LogP contribution in [0.1, 0.15) is 33.3 Å². The molecule has 1 rings (SSSR count). The molecule has 122 valence electrons. The van der Waals surface area contributed by atoms with Crippen LogP contribution < -0.4 is 10.6 Å². The van der Waals surface area contributed by atoms with E-state index in [1.165, 1.54) is 6.07 Å². The fraction of sp³-hybridized carbons (Fsp3) is 0.500. The third kappa shape index (κ3) is 5.81. The topological polar surface area (TPSA) is 61.4 Å². The largest absolute Gasteiger partial charge is 0.333 e. The Hall–Kier alpha value is -1.95. The lowest BCUT2D eigenvalue weighted by molar-refractivity contribution is -0.124. The molecule has 0 bridgehead atoms. The molecule has 1 atom stereocenters. The quantitative estimate of drug-likeness (QED) is 0.897. The Labute approximate surface area is 130 Å². The number of benzene rings is 1. The molecule has 22 heavy (non-hydrogen) atoms. The van der Waals surface area contributed by atoms with Gasteiger partial charge in [-0.3, -0.25) is 15.0 Å². The number of nitrogens with one attached hydrogen (secondary N) is 2. The van der Waals surface area contributed by atoms with Crippen LogP contribution in [0.4, 0.5) is 9.18 Å². The van der Waals surface area contributed by atoms with E-state index in [0.717, 1.165) is 0 Å². The number of carbonyl (C=O) groups is 2. The van der Waals surface area contributed by atoms with Gasteiger partial charge in [-0.05, 0) is 40.8 Å². The number of likely N-dealkylation sites (N-methyl/N-ethyl adjacent to an activating group) is 1. The van der Waals surface area contributed by atoms with Gasteiger partial charge < -0.3 is 5.32 Å². The molecule has 0 aromatic heterocycles. The Balaban J connectivity index is 2.59. The van der Waals surface area contributed by atoms with E-state index in [2.05, 4.69) is 10.6 Å². The monoisotopic (exact) mass is 309 g/mol. The third-order valence-corrected chi connectivity index (χ3v) is 3.14. The second kappa shape index (κ2) is 7.35. The molecule has 1 aromatic carbocycles. The molecular formula is C16H24FN3O2. The molecule has 0 spiro atoms. The van der Waals surface area contributed by atoms with Gasteiger partial charge in [-0.25, -0.2) is 9.18 Å². The van der Waals surface area contributed by atoms with Crippen LogP contribution in [0.3, 0.4) is 0 Å². The Morgan fingerprint density at radius 2 is 1.86 bits per heavy atom. The van der Waals surface area contributed by atoms with Crippen molar-refractivity contribution in [3.8, 4) is 0 Å². The maximum atomic E-state index is 13.6. The van der Waals surface area contributed by atoms with Crippen molar-refractivity contribution >= 4 is 11.9 Å². The molecule has 0 aliphatic carbocycles. The van der Waals surface area contributed by atoms with Gasteiger partial charge in [0, 0.05) is 17.6 Å². The van der Waals surface area contributed by atoms with Crippen LogP contribution in [-0.2, 0) is 11.3 Å².